The molecule has 0 N–H and O–H groups in total. The van der Waals surface area contributed by atoms with Crippen LogP contribution in [0.2, 0.25) is 0 Å². The Labute approximate surface area is 258 Å². The first kappa shape index (κ1) is 36.1. The zero-order chi connectivity index (χ0) is 33.8. The van der Waals surface area contributed by atoms with Gasteiger partial charge in [-0.25, -0.2) is 9.59 Å². The van der Waals surface area contributed by atoms with Gasteiger partial charge in [0.1, 0.15) is 6.10 Å². The van der Waals surface area contributed by atoms with Gasteiger partial charge in [-0.05, 0) is 38.5 Å². The number of alkyl halides is 6. The van der Waals surface area contributed by atoms with Crippen LogP contribution in [0, 0.1) is 5.41 Å². The average molecular weight is 645 g/mol. The van der Waals surface area contributed by atoms with Crippen LogP contribution >= 0.6 is 0 Å². The van der Waals surface area contributed by atoms with E-state index in [1.165, 1.54) is 43.3 Å². The number of carbonyl (C=O) groups is 2. The van der Waals surface area contributed by atoms with Gasteiger partial charge in [-0.15, -0.1) is 0 Å². The van der Waals surface area contributed by atoms with E-state index in [0.717, 1.165) is 49.6 Å². The van der Waals surface area contributed by atoms with E-state index in [-0.39, 0.29) is 19.3 Å². The third-order valence-corrected chi connectivity index (χ3v) is 8.33. The maximum absolute atomic E-state index is 14.3. The van der Waals surface area contributed by atoms with E-state index in [0.29, 0.717) is 6.42 Å². The molecule has 0 radical (unpaired) electrons. The number of carbonyl (C=O) groups excluding carboxylic acids is 2. The average Bonchev–Trinajstić information content (AvgIpc) is 2.93. The van der Waals surface area contributed by atoms with Crippen LogP contribution in [0.4, 0.5) is 26.3 Å². The Balaban J connectivity index is 1.76. The highest BCUT2D eigenvalue weighted by molar-refractivity contribution is 5.83. The molecule has 248 valence electrons. The fourth-order valence-corrected chi connectivity index (χ4v) is 6.12. The fraction of sp³-hybridized carbons (Fsp3) is 0.515. The topological polar surface area (TPSA) is 71.1 Å². The van der Waals surface area contributed by atoms with Gasteiger partial charge in [0.05, 0.1) is 6.10 Å². The first-order chi connectivity index (χ1) is 20.9. The van der Waals surface area contributed by atoms with Gasteiger partial charge in [-0.3, -0.25) is 0 Å². The van der Waals surface area contributed by atoms with Crippen molar-refractivity contribution in [3.05, 3.63) is 82.9 Å². The summed E-state index contributed by atoms with van der Waals surface area (Å²) < 4.78 is 106. The number of esters is 2. The lowest BCUT2D eigenvalue weighted by molar-refractivity contribution is -0.279. The number of rotatable bonds is 11. The summed E-state index contributed by atoms with van der Waals surface area (Å²) >= 11 is 0. The standard InChI is InChI=1S/C33H38F6O6/c1-21-19-25(45-28(41)31(43-6,33(37,38)39)24-15-11-8-12-16-24)20-29(3,4)26(21)18-17-22(2)44-27(40)30(42-5,32(34,35)36)23-13-9-7-10-14-23/h7-16,22,25H,17-20H2,1-6H3/t22-,25+,30+,31+/m0/s1. The van der Waals surface area contributed by atoms with Crippen LogP contribution in [0.1, 0.15) is 64.5 Å². The Hall–Kier alpha value is -3.38. The summed E-state index contributed by atoms with van der Waals surface area (Å²) in [6.07, 6.45) is -11.3. The molecule has 0 bridgehead atoms. The van der Waals surface area contributed by atoms with Gasteiger partial charge >= 0.3 is 24.3 Å². The van der Waals surface area contributed by atoms with Crippen LogP contribution in [0.25, 0.3) is 0 Å². The number of hydrogen-bond acceptors (Lipinski definition) is 6. The maximum atomic E-state index is 14.3. The van der Waals surface area contributed by atoms with Crippen molar-refractivity contribution in [3.63, 3.8) is 0 Å². The summed E-state index contributed by atoms with van der Waals surface area (Å²) in [5.74, 6) is -3.17. The minimum absolute atomic E-state index is 0.139. The molecule has 6 nitrogen and oxygen atoms in total. The molecule has 0 amide bonds. The molecule has 0 aromatic heterocycles. The molecule has 12 heteroatoms. The van der Waals surface area contributed by atoms with Crippen LogP contribution < -0.4 is 0 Å². The molecule has 0 saturated heterocycles. The number of benzene rings is 2. The predicted octanol–water partition coefficient (Wildman–Crippen LogP) is 7.96. The van der Waals surface area contributed by atoms with E-state index in [1.54, 1.807) is 6.92 Å². The Morgan fingerprint density at radius 1 is 0.822 bits per heavy atom. The van der Waals surface area contributed by atoms with Gasteiger partial charge in [0.15, 0.2) is 0 Å². The molecule has 0 aliphatic heterocycles. The minimum atomic E-state index is -5.11. The van der Waals surface area contributed by atoms with Crippen LogP contribution in [0.15, 0.2) is 71.8 Å². The molecule has 0 spiro atoms. The summed E-state index contributed by atoms with van der Waals surface area (Å²) in [5, 5.41) is 0. The molecular weight excluding hydrogens is 606 g/mol. The first-order valence-electron chi connectivity index (χ1n) is 14.3. The molecular formula is C33H38F6O6. The number of halogens is 6. The largest absolute Gasteiger partial charge is 0.460 e. The van der Waals surface area contributed by atoms with Crippen molar-refractivity contribution in [2.24, 2.45) is 5.41 Å². The zero-order valence-corrected chi connectivity index (χ0v) is 26.0. The van der Waals surface area contributed by atoms with E-state index in [2.05, 4.69) is 0 Å². The van der Waals surface area contributed by atoms with Gasteiger partial charge in [0.25, 0.3) is 11.2 Å². The summed E-state index contributed by atoms with van der Waals surface area (Å²) in [6.45, 7) is 6.90. The van der Waals surface area contributed by atoms with Crippen LogP contribution in [0.3, 0.4) is 0 Å². The summed E-state index contributed by atoms with van der Waals surface area (Å²) in [5.41, 5.74) is -6.49. The van der Waals surface area contributed by atoms with Gasteiger partial charge in [0.2, 0.25) is 0 Å². The Morgan fingerprint density at radius 2 is 1.27 bits per heavy atom. The van der Waals surface area contributed by atoms with Crippen molar-refractivity contribution in [1.29, 1.82) is 0 Å². The number of methoxy groups -OCH3 is 2. The Kier molecular flexibility index (Phi) is 10.9. The third-order valence-electron chi connectivity index (χ3n) is 8.33. The third kappa shape index (κ3) is 7.06. The van der Waals surface area contributed by atoms with Gasteiger partial charge in [-0.2, -0.15) is 26.3 Å². The monoisotopic (exact) mass is 644 g/mol. The summed E-state index contributed by atoms with van der Waals surface area (Å²) in [7, 11) is 1.59. The van der Waals surface area contributed by atoms with Gasteiger partial charge < -0.3 is 18.9 Å². The number of allylic oxidation sites excluding steroid dienone is 1. The van der Waals surface area contributed by atoms with E-state index >= 15 is 0 Å². The molecule has 2 aromatic carbocycles. The van der Waals surface area contributed by atoms with Crippen molar-refractivity contribution >= 4 is 11.9 Å². The van der Waals surface area contributed by atoms with Gasteiger partial charge in [0, 0.05) is 31.8 Å². The van der Waals surface area contributed by atoms with Crippen molar-refractivity contribution in [1.82, 2.24) is 0 Å². The maximum Gasteiger partial charge on any atom is 0.432 e. The van der Waals surface area contributed by atoms with Crippen molar-refractivity contribution in [2.75, 3.05) is 14.2 Å². The second-order valence-corrected chi connectivity index (χ2v) is 11.8. The normalized spacial score (nSPS) is 20.5. The molecule has 0 fully saturated rings. The first-order valence-corrected chi connectivity index (χ1v) is 14.3. The van der Waals surface area contributed by atoms with Crippen molar-refractivity contribution in [3.8, 4) is 0 Å². The highest BCUT2D eigenvalue weighted by Gasteiger charge is 2.65. The molecule has 2 aromatic rings. The number of hydrogen-bond donors (Lipinski definition) is 0. The fourth-order valence-electron chi connectivity index (χ4n) is 6.12. The Bertz CT molecular complexity index is 1360. The minimum Gasteiger partial charge on any atom is -0.460 e. The lowest BCUT2D eigenvalue weighted by atomic mass is 9.70. The van der Waals surface area contributed by atoms with Crippen LogP contribution in [0.5, 0.6) is 0 Å². The quantitative estimate of drug-likeness (QED) is 0.141. The van der Waals surface area contributed by atoms with Crippen LogP contribution in [-0.4, -0.2) is 50.7 Å². The lowest BCUT2D eigenvalue weighted by Crippen LogP contribution is -2.53. The molecule has 0 unspecified atom stereocenters. The van der Waals surface area contributed by atoms with Gasteiger partial charge in [-0.1, -0.05) is 85.7 Å². The highest BCUT2D eigenvalue weighted by Crippen LogP contribution is 2.47. The molecule has 45 heavy (non-hydrogen) atoms. The SMILES string of the molecule is CO[C@@](C(=O)O[C@@H]1CC(C)=C(CC[C@H](C)OC(=O)[C@](OC)(c2ccccc2)C(F)(F)F)C(C)(C)C1)(c1ccccc1)C(F)(F)F. The van der Waals surface area contributed by atoms with Crippen molar-refractivity contribution in [2.45, 2.75) is 89.1 Å². The molecule has 1 aliphatic carbocycles. The second kappa shape index (κ2) is 13.5. The smallest absolute Gasteiger partial charge is 0.432 e. The van der Waals surface area contributed by atoms with E-state index in [1.807, 2.05) is 13.8 Å². The molecule has 0 heterocycles. The predicted molar refractivity (Wildman–Crippen MR) is 153 cm³/mol. The second-order valence-electron chi connectivity index (χ2n) is 11.8. The number of ether oxygens (including phenoxy) is 4. The highest BCUT2D eigenvalue weighted by atomic mass is 19.4. The lowest BCUT2D eigenvalue weighted by Gasteiger charge is -2.40. The van der Waals surface area contributed by atoms with E-state index < -0.39 is 64.2 Å². The zero-order valence-electron chi connectivity index (χ0n) is 26.0. The molecule has 1 aliphatic rings. The van der Waals surface area contributed by atoms with Crippen LogP contribution in [-0.2, 0) is 39.7 Å². The van der Waals surface area contributed by atoms with Crippen molar-refractivity contribution < 1.29 is 54.9 Å². The molecule has 0 saturated carbocycles. The van der Waals surface area contributed by atoms with E-state index in [4.69, 9.17) is 18.9 Å². The summed E-state index contributed by atoms with van der Waals surface area (Å²) in [4.78, 5) is 26.2. The summed E-state index contributed by atoms with van der Waals surface area (Å²) in [6, 6.07) is 13.0. The molecule has 4 atom stereocenters. The Morgan fingerprint density at radius 3 is 1.67 bits per heavy atom. The van der Waals surface area contributed by atoms with E-state index in [9.17, 15) is 35.9 Å². The molecule has 3 rings (SSSR count).